The van der Waals surface area contributed by atoms with Crippen molar-refractivity contribution in [3.05, 3.63) is 22.4 Å². The van der Waals surface area contributed by atoms with Crippen LogP contribution in [0.4, 0.5) is 0 Å². The lowest BCUT2D eigenvalue weighted by Gasteiger charge is -2.29. The maximum Gasteiger partial charge on any atom is 0.242 e. The highest BCUT2D eigenvalue weighted by molar-refractivity contribution is 7.10. The Bertz CT molecular complexity index is 369. The minimum absolute atomic E-state index is 0.0302. The predicted molar refractivity (Wildman–Crippen MR) is 75.4 cm³/mol. The number of carbonyl (C=O) groups is 1. The molecule has 1 aliphatic rings. The average Bonchev–Trinajstić information content (AvgIpc) is 2.92. The third-order valence-electron chi connectivity index (χ3n) is 3.90. The molecule has 1 heterocycles. The average molecular weight is 266 g/mol. The molecule has 4 heteroatoms. The van der Waals surface area contributed by atoms with Gasteiger partial charge in [-0.05, 0) is 43.0 Å². The van der Waals surface area contributed by atoms with Crippen LogP contribution < -0.4 is 11.1 Å². The molecule has 100 valence electrons. The second-order valence-electron chi connectivity index (χ2n) is 5.13. The van der Waals surface area contributed by atoms with Crippen LogP contribution in [0.15, 0.2) is 17.5 Å². The quantitative estimate of drug-likeness (QED) is 0.880. The van der Waals surface area contributed by atoms with E-state index in [2.05, 4.69) is 12.2 Å². The molecule has 1 fully saturated rings. The molecule has 0 radical (unpaired) electrons. The monoisotopic (exact) mass is 266 g/mol. The van der Waals surface area contributed by atoms with Crippen molar-refractivity contribution in [1.82, 2.24) is 5.32 Å². The van der Waals surface area contributed by atoms with E-state index in [4.69, 9.17) is 5.73 Å². The number of hydrogen-bond acceptors (Lipinski definition) is 3. The first-order valence-corrected chi connectivity index (χ1v) is 7.68. The Hall–Kier alpha value is -0.870. The van der Waals surface area contributed by atoms with E-state index in [1.807, 2.05) is 17.5 Å². The lowest BCUT2D eigenvalue weighted by atomic mass is 9.84. The van der Waals surface area contributed by atoms with Gasteiger partial charge in [-0.2, -0.15) is 0 Å². The molecule has 1 aliphatic carbocycles. The van der Waals surface area contributed by atoms with Crippen LogP contribution in [-0.2, 0) is 4.79 Å². The summed E-state index contributed by atoms with van der Waals surface area (Å²) < 4.78 is 0. The standard InChI is InChI=1S/C14H22N2OS/c1-2-10-5-7-11(8-6-10)16-14(17)13(15)12-4-3-9-18-12/h3-4,9-11,13H,2,5-8,15H2,1H3,(H,16,17). The van der Waals surface area contributed by atoms with Crippen molar-refractivity contribution in [2.45, 2.75) is 51.1 Å². The van der Waals surface area contributed by atoms with Gasteiger partial charge in [0.05, 0.1) is 0 Å². The summed E-state index contributed by atoms with van der Waals surface area (Å²) in [4.78, 5) is 13.0. The largest absolute Gasteiger partial charge is 0.352 e. The van der Waals surface area contributed by atoms with E-state index in [1.165, 1.54) is 30.6 Å². The van der Waals surface area contributed by atoms with Crippen LogP contribution in [0.5, 0.6) is 0 Å². The maximum absolute atomic E-state index is 12.0. The van der Waals surface area contributed by atoms with Crippen LogP contribution >= 0.6 is 11.3 Å². The minimum Gasteiger partial charge on any atom is -0.352 e. The molecule has 18 heavy (non-hydrogen) atoms. The summed E-state index contributed by atoms with van der Waals surface area (Å²) in [7, 11) is 0. The molecule has 1 aromatic heterocycles. The molecular formula is C14H22N2OS. The van der Waals surface area contributed by atoms with Gasteiger partial charge in [-0.3, -0.25) is 4.79 Å². The van der Waals surface area contributed by atoms with Gasteiger partial charge >= 0.3 is 0 Å². The van der Waals surface area contributed by atoms with Crippen LogP contribution in [0.25, 0.3) is 0 Å². The van der Waals surface area contributed by atoms with Crippen LogP contribution in [-0.4, -0.2) is 11.9 Å². The number of carbonyl (C=O) groups excluding carboxylic acids is 1. The summed E-state index contributed by atoms with van der Waals surface area (Å²) in [6.45, 7) is 2.25. The lowest BCUT2D eigenvalue weighted by molar-refractivity contribution is -0.123. The molecule has 0 bridgehead atoms. The molecule has 3 nitrogen and oxygen atoms in total. The number of thiophene rings is 1. The first-order valence-electron chi connectivity index (χ1n) is 6.80. The van der Waals surface area contributed by atoms with Crippen molar-refractivity contribution in [3.63, 3.8) is 0 Å². The van der Waals surface area contributed by atoms with E-state index in [9.17, 15) is 4.79 Å². The highest BCUT2D eigenvalue weighted by Crippen LogP contribution is 2.27. The fourth-order valence-electron chi connectivity index (χ4n) is 2.60. The summed E-state index contributed by atoms with van der Waals surface area (Å²) in [6, 6.07) is 3.67. The van der Waals surface area contributed by atoms with Crippen molar-refractivity contribution < 1.29 is 4.79 Å². The Morgan fingerprint density at radius 1 is 1.50 bits per heavy atom. The minimum atomic E-state index is -0.506. The SMILES string of the molecule is CCC1CCC(NC(=O)C(N)c2cccs2)CC1. The van der Waals surface area contributed by atoms with Crippen LogP contribution in [0.1, 0.15) is 49.9 Å². The van der Waals surface area contributed by atoms with Gasteiger partial charge in [0.2, 0.25) is 5.91 Å². The Kier molecular flexibility index (Phi) is 4.78. The maximum atomic E-state index is 12.0. The second kappa shape index (κ2) is 6.34. The second-order valence-corrected chi connectivity index (χ2v) is 6.11. The normalized spacial score (nSPS) is 25.7. The van der Waals surface area contributed by atoms with Crippen LogP contribution in [0.2, 0.25) is 0 Å². The van der Waals surface area contributed by atoms with E-state index in [1.54, 1.807) is 0 Å². The molecule has 1 atom stereocenters. The summed E-state index contributed by atoms with van der Waals surface area (Å²) in [6.07, 6.45) is 5.92. The zero-order valence-corrected chi connectivity index (χ0v) is 11.7. The Balaban J connectivity index is 1.81. The van der Waals surface area contributed by atoms with Gasteiger partial charge in [0, 0.05) is 10.9 Å². The van der Waals surface area contributed by atoms with Crippen molar-refractivity contribution in [3.8, 4) is 0 Å². The Labute approximate surface area is 113 Å². The molecule has 0 saturated heterocycles. The fourth-order valence-corrected chi connectivity index (χ4v) is 3.33. The summed E-state index contributed by atoms with van der Waals surface area (Å²) in [5, 5.41) is 5.05. The molecule has 0 spiro atoms. The van der Waals surface area contributed by atoms with E-state index in [0.29, 0.717) is 6.04 Å². The van der Waals surface area contributed by atoms with Crippen molar-refractivity contribution >= 4 is 17.2 Å². The summed E-state index contributed by atoms with van der Waals surface area (Å²) >= 11 is 1.54. The predicted octanol–water partition coefficient (Wildman–Crippen LogP) is 2.83. The van der Waals surface area contributed by atoms with E-state index < -0.39 is 6.04 Å². The molecule has 3 N–H and O–H groups in total. The third-order valence-corrected chi connectivity index (χ3v) is 4.86. The molecule has 1 saturated carbocycles. The van der Waals surface area contributed by atoms with Gasteiger partial charge in [0.25, 0.3) is 0 Å². The summed E-state index contributed by atoms with van der Waals surface area (Å²) in [5.41, 5.74) is 5.95. The molecule has 0 aliphatic heterocycles. The zero-order valence-electron chi connectivity index (χ0n) is 10.9. The van der Waals surface area contributed by atoms with Gasteiger partial charge in [-0.1, -0.05) is 19.4 Å². The number of amides is 1. The van der Waals surface area contributed by atoms with Gasteiger partial charge in [-0.15, -0.1) is 11.3 Å². The highest BCUT2D eigenvalue weighted by Gasteiger charge is 2.24. The first-order chi connectivity index (χ1) is 8.70. The summed E-state index contributed by atoms with van der Waals surface area (Å²) in [5.74, 6) is 0.821. The lowest BCUT2D eigenvalue weighted by Crippen LogP contribution is -2.42. The molecule has 2 rings (SSSR count). The van der Waals surface area contributed by atoms with Gasteiger partial charge < -0.3 is 11.1 Å². The molecule has 1 unspecified atom stereocenters. The smallest absolute Gasteiger partial charge is 0.242 e. The number of nitrogens with two attached hydrogens (primary N) is 1. The third kappa shape index (κ3) is 3.33. The van der Waals surface area contributed by atoms with E-state index in [0.717, 1.165) is 23.6 Å². The van der Waals surface area contributed by atoms with Crippen LogP contribution in [0, 0.1) is 5.92 Å². The molecule has 1 amide bonds. The van der Waals surface area contributed by atoms with Gasteiger partial charge in [0.15, 0.2) is 0 Å². The highest BCUT2D eigenvalue weighted by atomic mass is 32.1. The van der Waals surface area contributed by atoms with Crippen molar-refractivity contribution in [2.24, 2.45) is 11.7 Å². The fraction of sp³-hybridized carbons (Fsp3) is 0.643. The van der Waals surface area contributed by atoms with Crippen molar-refractivity contribution in [2.75, 3.05) is 0 Å². The van der Waals surface area contributed by atoms with Gasteiger partial charge in [-0.25, -0.2) is 0 Å². The Morgan fingerprint density at radius 3 is 2.78 bits per heavy atom. The molecule has 0 aromatic carbocycles. The number of hydrogen-bond donors (Lipinski definition) is 2. The number of nitrogens with one attached hydrogen (secondary N) is 1. The zero-order chi connectivity index (χ0) is 13.0. The topological polar surface area (TPSA) is 55.1 Å². The van der Waals surface area contributed by atoms with Crippen LogP contribution in [0.3, 0.4) is 0 Å². The van der Waals surface area contributed by atoms with Gasteiger partial charge in [0.1, 0.15) is 6.04 Å². The Morgan fingerprint density at radius 2 is 2.22 bits per heavy atom. The number of rotatable bonds is 4. The molecular weight excluding hydrogens is 244 g/mol. The van der Waals surface area contributed by atoms with Crippen molar-refractivity contribution in [1.29, 1.82) is 0 Å². The molecule has 1 aromatic rings. The first kappa shape index (κ1) is 13.6. The van der Waals surface area contributed by atoms with E-state index in [-0.39, 0.29) is 5.91 Å². The van der Waals surface area contributed by atoms with E-state index >= 15 is 0 Å².